The zero-order valence-corrected chi connectivity index (χ0v) is 13.6. The van der Waals surface area contributed by atoms with E-state index in [1.54, 1.807) is 49.6 Å². The van der Waals surface area contributed by atoms with Gasteiger partial charge in [0.2, 0.25) is 5.91 Å². The summed E-state index contributed by atoms with van der Waals surface area (Å²) >= 11 is 6.14. The highest BCUT2D eigenvalue weighted by Gasteiger charge is 2.08. The predicted octanol–water partition coefficient (Wildman–Crippen LogP) is 3.24. The molecule has 0 saturated heterocycles. The lowest BCUT2D eigenvalue weighted by Crippen LogP contribution is -2.23. The molecule has 0 aliphatic rings. The quantitative estimate of drug-likeness (QED) is 0.883. The maximum absolute atomic E-state index is 12.2. The van der Waals surface area contributed by atoms with Gasteiger partial charge in [-0.25, -0.2) is 0 Å². The number of hydrogen-bond acceptors (Lipinski definition) is 3. The fraction of sp³-hybridized carbons (Fsp3) is 0.176. The zero-order chi connectivity index (χ0) is 16.8. The molecule has 2 amide bonds. The van der Waals surface area contributed by atoms with Crippen LogP contribution in [0.25, 0.3) is 0 Å². The average Bonchev–Trinajstić information content (AvgIpc) is 2.53. The van der Waals surface area contributed by atoms with E-state index in [-0.39, 0.29) is 11.8 Å². The van der Waals surface area contributed by atoms with Crippen molar-refractivity contribution in [1.82, 2.24) is 5.32 Å². The lowest BCUT2D eigenvalue weighted by molar-refractivity contribution is -0.114. The fourth-order valence-electron chi connectivity index (χ4n) is 2.02. The molecule has 0 atom stereocenters. The fourth-order valence-corrected chi connectivity index (χ4v) is 2.25. The van der Waals surface area contributed by atoms with E-state index >= 15 is 0 Å². The highest BCUT2D eigenvalue weighted by atomic mass is 35.5. The second-order valence-electron chi connectivity index (χ2n) is 4.90. The molecule has 0 aliphatic heterocycles. The number of rotatable bonds is 5. The molecule has 0 spiro atoms. The van der Waals surface area contributed by atoms with Crippen LogP contribution >= 0.6 is 11.6 Å². The Bertz CT molecular complexity index is 732. The molecule has 0 saturated carbocycles. The Morgan fingerprint density at radius 3 is 2.61 bits per heavy atom. The Morgan fingerprint density at radius 2 is 1.96 bits per heavy atom. The van der Waals surface area contributed by atoms with Crippen LogP contribution in [-0.2, 0) is 11.3 Å². The van der Waals surface area contributed by atoms with Gasteiger partial charge in [0.15, 0.2) is 0 Å². The molecule has 2 rings (SSSR count). The van der Waals surface area contributed by atoms with Crippen LogP contribution in [0.5, 0.6) is 5.75 Å². The Morgan fingerprint density at radius 1 is 1.17 bits per heavy atom. The minimum Gasteiger partial charge on any atom is -0.497 e. The maximum Gasteiger partial charge on any atom is 0.251 e. The van der Waals surface area contributed by atoms with Gasteiger partial charge in [-0.15, -0.1) is 0 Å². The number of methoxy groups -OCH3 is 1. The standard InChI is InChI=1S/C17H17ClN2O3/c1-11(21)20-14-5-3-4-12(8-14)17(22)19-10-13-6-7-15(23-2)9-16(13)18/h3-9H,10H2,1-2H3,(H,19,22)(H,20,21). The number of halogens is 1. The molecular weight excluding hydrogens is 316 g/mol. The van der Waals surface area contributed by atoms with Crippen LogP contribution in [0.4, 0.5) is 5.69 Å². The van der Waals surface area contributed by atoms with E-state index in [4.69, 9.17) is 16.3 Å². The average molecular weight is 333 g/mol. The van der Waals surface area contributed by atoms with Crippen LogP contribution in [-0.4, -0.2) is 18.9 Å². The number of benzene rings is 2. The van der Waals surface area contributed by atoms with E-state index in [0.717, 1.165) is 5.56 Å². The first kappa shape index (κ1) is 16.8. The smallest absolute Gasteiger partial charge is 0.251 e. The third-order valence-electron chi connectivity index (χ3n) is 3.14. The zero-order valence-electron chi connectivity index (χ0n) is 12.9. The molecule has 5 nitrogen and oxygen atoms in total. The van der Waals surface area contributed by atoms with Gasteiger partial charge in [0.05, 0.1) is 7.11 Å². The summed E-state index contributed by atoms with van der Waals surface area (Å²) in [5.41, 5.74) is 1.83. The van der Waals surface area contributed by atoms with Gasteiger partial charge in [0.1, 0.15) is 5.75 Å². The Hall–Kier alpha value is -2.53. The molecule has 0 unspecified atom stereocenters. The molecule has 2 N–H and O–H groups in total. The SMILES string of the molecule is COc1ccc(CNC(=O)c2cccc(NC(C)=O)c2)c(Cl)c1. The van der Waals surface area contributed by atoms with Gasteiger partial charge in [0, 0.05) is 29.7 Å². The molecule has 6 heteroatoms. The van der Waals surface area contributed by atoms with E-state index in [0.29, 0.717) is 28.6 Å². The second kappa shape index (κ2) is 7.65. The van der Waals surface area contributed by atoms with Crippen LogP contribution in [0, 0.1) is 0 Å². The molecule has 0 heterocycles. The summed E-state index contributed by atoms with van der Waals surface area (Å²) in [5, 5.41) is 5.96. The van der Waals surface area contributed by atoms with E-state index < -0.39 is 0 Å². The van der Waals surface area contributed by atoms with E-state index in [9.17, 15) is 9.59 Å². The molecule has 120 valence electrons. The number of nitrogens with one attached hydrogen (secondary N) is 2. The van der Waals surface area contributed by atoms with E-state index in [1.165, 1.54) is 6.92 Å². The van der Waals surface area contributed by atoms with Crippen molar-refractivity contribution in [1.29, 1.82) is 0 Å². The summed E-state index contributed by atoms with van der Waals surface area (Å²) in [6.45, 7) is 1.71. The van der Waals surface area contributed by atoms with Crippen LogP contribution in [0.15, 0.2) is 42.5 Å². The highest BCUT2D eigenvalue weighted by Crippen LogP contribution is 2.22. The Balaban J connectivity index is 2.03. The molecule has 2 aromatic rings. The summed E-state index contributed by atoms with van der Waals surface area (Å²) in [7, 11) is 1.56. The monoisotopic (exact) mass is 332 g/mol. The summed E-state index contributed by atoms with van der Waals surface area (Å²) in [6, 6.07) is 12.0. The minimum absolute atomic E-state index is 0.187. The van der Waals surface area contributed by atoms with Gasteiger partial charge >= 0.3 is 0 Å². The van der Waals surface area contributed by atoms with Crippen molar-refractivity contribution >= 4 is 29.1 Å². The van der Waals surface area contributed by atoms with Crippen molar-refractivity contribution in [3.63, 3.8) is 0 Å². The molecule has 2 aromatic carbocycles. The normalized spacial score (nSPS) is 10.0. The van der Waals surface area contributed by atoms with Crippen LogP contribution in [0.2, 0.25) is 5.02 Å². The molecule has 0 aliphatic carbocycles. The van der Waals surface area contributed by atoms with Crippen molar-refractivity contribution in [3.8, 4) is 5.75 Å². The third kappa shape index (κ3) is 4.72. The van der Waals surface area contributed by atoms with E-state index in [1.807, 2.05) is 0 Å². The molecule has 23 heavy (non-hydrogen) atoms. The number of anilines is 1. The van der Waals surface area contributed by atoms with Gasteiger partial charge < -0.3 is 15.4 Å². The highest BCUT2D eigenvalue weighted by molar-refractivity contribution is 6.31. The largest absolute Gasteiger partial charge is 0.497 e. The number of amides is 2. The van der Waals surface area contributed by atoms with Gasteiger partial charge in [-0.05, 0) is 35.9 Å². The topological polar surface area (TPSA) is 67.4 Å². The van der Waals surface area contributed by atoms with Crippen LogP contribution in [0.1, 0.15) is 22.8 Å². The number of carbonyl (C=O) groups excluding carboxylic acids is 2. The van der Waals surface area contributed by atoms with Gasteiger partial charge in [-0.2, -0.15) is 0 Å². The maximum atomic E-state index is 12.2. The van der Waals surface area contributed by atoms with Crippen LogP contribution in [0.3, 0.4) is 0 Å². The lowest BCUT2D eigenvalue weighted by Gasteiger charge is -2.09. The Labute approximate surface area is 139 Å². The number of hydrogen-bond donors (Lipinski definition) is 2. The number of carbonyl (C=O) groups is 2. The summed E-state index contributed by atoms with van der Waals surface area (Å²) in [4.78, 5) is 23.3. The molecule has 0 bridgehead atoms. The summed E-state index contributed by atoms with van der Waals surface area (Å²) in [6.07, 6.45) is 0. The molecule has 0 aromatic heterocycles. The van der Waals surface area contributed by atoms with E-state index in [2.05, 4.69) is 10.6 Å². The molecule has 0 radical (unpaired) electrons. The number of ether oxygens (including phenoxy) is 1. The second-order valence-corrected chi connectivity index (χ2v) is 5.31. The minimum atomic E-state index is -0.246. The first-order valence-corrected chi connectivity index (χ1v) is 7.35. The van der Waals surface area contributed by atoms with Crippen molar-refractivity contribution in [2.75, 3.05) is 12.4 Å². The van der Waals surface area contributed by atoms with Gasteiger partial charge in [0.25, 0.3) is 5.91 Å². The first-order valence-electron chi connectivity index (χ1n) is 6.98. The third-order valence-corrected chi connectivity index (χ3v) is 3.50. The van der Waals surface area contributed by atoms with Crippen molar-refractivity contribution in [3.05, 3.63) is 58.6 Å². The predicted molar refractivity (Wildman–Crippen MR) is 89.9 cm³/mol. The summed E-state index contributed by atoms with van der Waals surface area (Å²) < 4.78 is 5.08. The van der Waals surface area contributed by atoms with Gasteiger partial charge in [-0.1, -0.05) is 23.7 Å². The Kier molecular flexibility index (Phi) is 5.60. The van der Waals surface area contributed by atoms with Gasteiger partial charge in [-0.3, -0.25) is 9.59 Å². The molecular formula is C17H17ClN2O3. The van der Waals surface area contributed by atoms with Crippen LogP contribution < -0.4 is 15.4 Å². The lowest BCUT2D eigenvalue weighted by atomic mass is 10.1. The first-order chi connectivity index (χ1) is 11.0. The van der Waals surface area contributed by atoms with Crippen molar-refractivity contribution in [2.45, 2.75) is 13.5 Å². The molecule has 0 fully saturated rings. The van der Waals surface area contributed by atoms with Crippen molar-refractivity contribution in [2.24, 2.45) is 0 Å². The van der Waals surface area contributed by atoms with Crippen molar-refractivity contribution < 1.29 is 14.3 Å². The summed E-state index contributed by atoms with van der Waals surface area (Å²) in [5.74, 6) is 0.227.